The van der Waals surface area contributed by atoms with Crippen LogP contribution in [-0.4, -0.2) is 65.2 Å². The summed E-state index contributed by atoms with van der Waals surface area (Å²) in [5.41, 5.74) is 8.59. The number of primary amides is 1. The second-order valence-corrected chi connectivity index (χ2v) is 9.07. The fraction of sp³-hybridized carbons (Fsp3) is 0.500. The van der Waals surface area contributed by atoms with Gasteiger partial charge < -0.3 is 26.1 Å². The van der Waals surface area contributed by atoms with E-state index in [-0.39, 0.29) is 17.9 Å². The Morgan fingerprint density at radius 3 is 2.91 bits per heavy atom. The van der Waals surface area contributed by atoms with Crippen LogP contribution in [0.3, 0.4) is 0 Å². The Bertz CT molecular complexity index is 1000. The van der Waals surface area contributed by atoms with Crippen molar-refractivity contribution in [2.75, 3.05) is 32.0 Å². The van der Waals surface area contributed by atoms with E-state index in [4.69, 9.17) is 15.9 Å². The van der Waals surface area contributed by atoms with Crippen molar-refractivity contribution in [2.24, 2.45) is 16.6 Å². The molecule has 1 aromatic heterocycles. The monoisotopic (exact) mass is 457 g/mol. The average Bonchev–Trinajstić information content (AvgIpc) is 3.21. The van der Waals surface area contributed by atoms with Gasteiger partial charge in [-0.1, -0.05) is 11.3 Å². The van der Waals surface area contributed by atoms with Crippen molar-refractivity contribution in [1.29, 1.82) is 5.41 Å². The Morgan fingerprint density at radius 2 is 2.22 bits per heavy atom. The van der Waals surface area contributed by atoms with Crippen LogP contribution in [0.25, 0.3) is 10.6 Å². The third-order valence-corrected chi connectivity index (χ3v) is 6.15. The maximum absolute atomic E-state index is 11.1. The molecule has 2 aromatic rings. The summed E-state index contributed by atoms with van der Waals surface area (Å²) in [5, 5.41) is 21.4. The summed E-state index contributed by atoms with van der Waals surface area (Å²) in [6.45, 7) is 7.95. The molecule has 1 aliphatic rings. The van der Waals surface area contributed by atoms with Gasteiger partial charge in [-0.3, -0.25) is 4.79 Å². The number of nitrogens with two attached hydrogens (primary N) is 1. The van der Waals surface area contributed by atoms with Crippen LogP contribution in [0.5, 0.6) is 5.75 Å². The van der Waals surface area contributed by atoms with Crippen LogP contribution in [0.15, 0.2) is 23.2 Å². The van der Waals surface area contributed by atoms with Gasteiger partial charge in [-0.2, -0.15) is 0 Å². The number of anilines is 1. The van der Waals surface area contributed by atoms with Crippen molar-refractivity contribution >= 4 is 39.5 Å². The molecule has 1 aliphatic heterocycles. The van der Waals surface area contributed by atoms with Crippen LogP contribution in [0, 0.1) is 11.3 Å². The molecule has 172 valence electrons. The van der Waals surface area contributed by atoms with Crippen LogP contribution < -0.4 is 15.8 Å². The molecule has 0 spiro atoms. The van der Waals surface area contributed by atoms with E-state index in [0.29, 0.717) is 36.8 Å². The molecule has 1 amide bonds. The number of hydrogen-bond donors (Lipinski definition) is 3. The van der Waals surface area contributed by atoms with E-state index < -0.39 is 0 Å². The lowest BCUT2D eigenvalue weighted by Crippen LogP contribution is -2.44. The molecule has 4 N–H and O–H groups in total. The second kappa shape index (κ2) is 10.6. The highest BCUT2D eigenvalue weighted by molar-refractivity contribution is 7.18. The zero-order chi connectivity index (χ0) is 23.3. The van der Waals surface area contributed by atoms with Crippen LogP contribution in [-0.2, 0) is 4.79 Å². The van der Waals surface area contributed by atoms with Crippen molar-refractivity contribution in [3.63, 3.8) is 0 Å². The van der Waals surface area contributed by atoms with Crippen molar-refractivity contribution in [2.45, 2.75) is 39.7 Å². The van der Waals surface area contributed by atoms with Crippen molar-refractivity contribution in [3.8, 4) is 16.3 Å². The summed E-state index contributed by atoms with van der Waals surface area (Å²) in [7, 11) is 1.86. The number of benzene rings is 1. The van der Waals surface area contributed by atoms with Crippen molar-refractivity contribution in [1.82, 2.24) is 15.1 Å². The average molecular weight is 458 g/mol. The van der Waals surface area contributed by atoms with E-state index in [1.54, 1.807) is 0 Å². The summed E-state index contributed by atoms with van der Waals surface area (Å²) >= 11 is 1.41. The Labute approximate surface area is 192 Å². The molecule has 1 atom stereocenters. The standard InChI is InChI=1S/C22H31N7O2S/c1-13(2)31-19-6-5-15(11-18(19)25-4)21-27-28-22(32-21)26-14(3)16-12-29(9-7-17(16)23)10-8-20(24)30/h5-6,11,13,16,23,25H,7-10,12H2,1-4H3,(H2,24,30). The van der Waals surface area contributed by atoms with Gasteiger partial charge in [0.05, 0.1) is 11.8 Å². The minimum Gasteiger partial charge on any atom is -0.489 e. The van der Waals surface area contributed by atoms with Crippen molar-refractivity contribution < 1.29 is 9.53 Å². The Hall–Kier alpha value is -2.85. The highest BCUT2D eigenvalue weighted by Crippen LogP contribution is 2.34. The quantitative estimate of drug-likeness (QED) is 0.495. The lowest BCUT2D eigenvalue weighted by atomic mass is 9.91. The fourth-order valence-electron chi connectivity index (χ4n) is 3.59. The molecule has 0 bridgehead atoms. The maximum atomic E-state index is 11.1. The second-order valence-electron chi connectivity index (χ2n) is 8.12. The normalized spacial score (nSPS) is 17.6. The van der Waals surface area contributed by atoms with E-state index in [1.165, 1.54) is 11.3 Å². The first-order chi connectivity index (χ1) is 15.3. The molecule has 2 heterocycles. The number of nitrogens with one attached hydrogen (secondary N) is 2. The molecular formula is C22H31N7O2S. The van der Waals surface area contributed by atoms with E-state index in [1.807, 2.05) is 46.0 Å². The van der Waals surface area contributed by atoms with Gasteiger partial charge in [0.1, 0.15) is 10.8 Å². The minimum absolute atomic E-state index is 0.0867. The number of amides is 1. The minimum atomic E-state index is -0.306. The van der Waals surface area contributed by atoms with Gasteiger partial charge in [0.15, 0.2) is 0 Å². The summed E-state index contributed by atoms with van der Waals surface area (Å²) in [4.78, 5) is 17.9. The van der Waals surface area contributed by atoms with Gasteiger partial charge in [-0.15, -0.1) is 10.2 Å². The topological polar surface area (TPSA) is 130 Å². The third-order valence-electron chi connectivity index (χ3n) is 5.28. The van der Waals surface area contributed by atoms with E-state index in [2.05, 4.69) is 25.4 Å². The Balaban J connectivity index is 1.74. The first-order valence-electron chi connectivity index (χ1n) is 10.7. The van der Waals surface area contributed by atoms with Crippen molar-refractivity contribution in [3.05, 3.63) is 18.2 Å². The number of hydrogen-bond acceptors (Lipinski definition) is 9. The van der Waals surface area contributed by atoms with E-state index in [9.17, 15) is 4.79 Å². The summed E-state index contributed by atoms with van der Waals surface area (Å²) in [6, 6.07) is 5.89. The third kappa shape index (κ3) is 6.10. The number of likely N-dealkylation sites (tertiary alicyclic amines) is 1. The molecular weight excluding hydrogens is 426 g/mol. The first kappa shape index (κ1) is 23.8. The summed E-state index contributed by atoms with van der Waals surface area (Å²) in [5.74, 6) is 0.396. The van der Waals surface area contributed by atoms with Gasteiger partial charge in [0.2, 0.25) is 11.0 Å². The molecule has 1 saturated heterocycles. The van der Waals surface area contributed by atoms with Gasteiger partial charge in [-0.05, 0) is 45.4 Å². The highest BCUT2D eigenvalue weighted by atomic mass is 32.1. The molecule has 1 aromatic carbocycles. The number of nitrogens with zero attached hydrogens (tertiary/aromatic N) is 4. The molecule has 3 rings (SSSR count). The zero-order valence-electron chi connectivity index (χ0n) is 19.0. The molecule has 1 unspecified atom stereocenters. The van der Waals surface area contributed by atoms with Gasteiger partial charge >= 0.3 is 0 Å². The van der Waals surface area contributed by atoms with Crippen LogP contribution in [0.2, 0.25) is 0 Å². The highest BCUT2D eigenvalue weighted by Gasteiger charge is 2.27. The SMILES string of the molecule is CNc1cc(-c2nnc(N=C(C)C3CN(CCC(N)=O)CCC3=N)s2)ccc1OC(C)C. The van der Waals surface area contributed by atoms with Gasteiger partial charge in [0.25, 0.3) is 0 Å². The lowest BCUT2D eigenvalue weighted by Gasteiger charge is -2.33. The molecule has 0 saturated carbocycles. The molecule has 0 aliphatic carbocycles. The molecule has 1 fully saturated rings. The predicted molar refractivity (Wildman–Crippen MR) is 130 cm³/mol. The number of piperidine rings is 1. The Morgan fingerprint density at radius 1 is 1.44 bits per heavy atom. The first-order valence-corrected chi connectivity index (χ1v) is 11.5. The molecule has 9 nitrogen and oxygen atoms in total. The fourth-order valence-corrected chi connectivity index (χ4v) is 4.36. The number of rotatable bonds is 9. The van der Waals surface area contributed by atoms with E-state index in [0.717, 1.165) is 34.3 Å². The van der Waals surface area contributed by atoms with Crippen LogP contribution in [0.1, 0.15) is 33.6 Å². The summed E-state index contributed by atoms with van der Waals surface area (Å²) < 4.78 is 5.83. The predicted octanol–water partition coefficient (Wildman–Crippen LogP) is 3.34. The number of carbonyl (C=O) groups excluding carboxylic acids is 1. The zero-order valence-corrected chi connectivity index (χ0v) is 19.8. The number of aliphatic imine (C=N–C) groups is 1. The van der Waals surface area contributed by atoms with Gasteiger partial charge in [-0.25, -0.2) is 4.99 Å². The van der Waals surface area contributed by atoms with Crippen LogP contribution >= 0.6 is 11.3 Å². The summed E-state index contributed by atoms with van der Waals surface area (Å²) in [6.07, 6.45) is 1.07. The lowest BCUT2D eigenvalue weighted by molar-refractivity contribution is -0.118. The number of carbonyl (C=O) groups is 1. The van der Waals surface area contributed by atoms with Gasteiger partial charge in [0, 0.05) is 56.0 Å². The number of aromatic nitrogens is 2. The largest absolute Gasteiger partial charge is 0.489 e. The molecule has 32 heavy (non-hydrogen) atoms. The maximum Gasteiger partial charge on any atom is 0.231 e. The number of ether oxygens (including phenoxy) is 1. The molecule has 0 radical (unpaired) electrons. The van der Waals surface area contributed by atoms with Crippen LogP contribution in [0.4, 0.5) is 10.8 Å². The Kier molecular flexibility index (Phi) is 7.92. The molecule has 10 heteroatoms. The smallest absolute Gasteiger partial charge is 0.231 e. The van der Waals surface area contributed by atoms with E-state index >= 15 is 0 Å².